The lowest BCUT2D eigenvalue weighted by Crippen LogP contribution is -2.37. The van der Waals surface area contributed by atoms with Gasteiger partial charge in [-0.05, 0) is 42.9 Å². The second kappa shape index (κ2) is 4.54. The van der Waals surface area contributed by atoms with Crippen LogP contribution in [0.3, 0.4) is 0 Å². The first-order valence-corrected chi connectivity index (χ1v) is 6.05. The molecule has 0 bridgehead atoms. The fraction of sp³-hybridized carbons (Fsp3) is 0.923. The molecule has 1 aliphatic rings. The number of carbonyl (C=O) groups is 1. The molecule has 0 radical (unpaired) electrons. The molecule has 15 heavy (non-hydrogen) atoms. The van der Waals surface area contributed by atoms with Crippen molar-refractivity contribution in [1.82, 2.24) is 0 Å². The van der Waals surface area contributed by atoms with Crippen LogP contribution in [-0.2, 0) is 4.79 Å². The number of carboxylic acid groups (broad SMARTS) is 1. The van der Waals surface area contributed by atoms with Crippen LogP contribution in [0.1, 0.15) is 53.4 Å². The number of hydrogen-bond acceptors (Lipinski definition) is 1. The first kappa shape index (κ1) is 12.5. The second-order valence-electron chi connectivity index (χ2n) is 6.16. The quantitative estimate of drug-likeness (QED) is 0.776. The van der Waals surface area contributed by atoms with E-state index in [2.05, 4.69) is 27.7 Å². The van der Waals surface area contributed by atoms with Crippen LogP contribution in [0.5, 0.6) is 0 Å². The summed E-state index contributed by atoms with van der Waals surface area (Å²) in [6, 6.07) is 0. The number of rotatable bonds is 3. The smallest absolute Gasteiger partial charge is 0.307 e. The third-order valence-electron chi connectivity index (χ3n) is 3.72. The zero-order chi connectivity index (χ0) is 11.6. The van der Waals surface area contributed by atoms with Gasteiger partial charge in [0.05, 0.1) is 5.92 Å². The van der Waals surface area contributed by atoms with Gasteiger partial charge >= 0.3 is 5.97 Å². The standard InChI is InChI=1S/C13H24O2/c1-9(2)7-10-5-6-11(12(14)15)13(3,4)8-10/h9-11H,5-8H2,1-4H3,(H,14,15). The summed E-state index contributed by atoms with van der Waals surface area (Å²) in [7, 11) is 0. The highest BCUT2D eigenvalue weighted by Gasteiger charge is 2.40. The summed E-state index contributed by atoms with van der Waals surface area (Å²) in [5.41, 5.74) is -0.0242. The molecule has 2 nitrogen and oxygen atoms in total. The molecular weight excluding hydrogens is 188 g/mol. The monoisotopic (exact) mass is 212 g/mol. The maximum Gasteiger partial charge on any atom is 0.307 e. The minimum Gasteiger partial charge on any atom is -0.481 e. The average Bonchev–Trinajstić information content (AvgIpc) is 1.99. The SMILES string of the molecule is CC(C)CC1CCC(C(=O)O)C(C)(C)C1. The van der Waals surface area contributed by atoms with Gasteiger partial charge < -0.3 is 5.11 Å². The van der Waals surface area contributed by atoms with Gasteiger partial charge in [-0.1, -0.05) is 27.7 Å². The molecule has 2 heteroatoms. The third-order valence-corrected chi connectivity index (χ3v) is 3.72. The zero-order valence-corrected chi connectivity index (χ0v) is 10.4. The summed E-state index contributed by atoms with van der Waals surface area (Å²) in [4.78, 5) is 11.1. The molecule has 0 heterocycles. The summed E-state index contributed by atoms with van der Waals surface area (Å²) < 4.78 is 0. The van der Waals surface area contributed by atoms with Crippen LogP contribution in [-0.4, -0.2) is 11.1 Å². The highest BCUT2D eigenvalue weighted by molar-refractivity contribution is 5.71. The highest BCUT2D eigenvalue weighted by Crippen LogP contribution is 2.45. The van der Waals surface area contributed by atoms with Crippen molar-refractivity contribution in [3.05, 3.63) is 0 Å². The van der Waals surface area contributed by atoms with E-state index < -0.39 is 5.97 Å². The van der Waals surface area contributed by atoms with Crippen LogP contribution in [0.4, 0.5) is 0 Å². The van der Waals surface area contributed by atoms with Gasteiger partial charge in [0.25, 0.3) is 0 Å². The van der Waals surface area contributed by atoms with E-state index in [0.717, 1.165) is 31.1 Å². The van der Waals surface area contributed by atoms with Crippen molar-refractivity contribution in [3.8, 4) is 0 Å². The van der Waals surface area contributed by atoms with Crippen molar-refractivity contribution >= 4 is 5.97 Å². The number of hydrogen-bond donors (Lipinski definition) is 1. The molecule has 0 aliphatic heterocycles. The molecular formula is C13H24O2. The van der Waals surface area contributed by atoms with E-state index in [1.807, 2.05) is 0 Å². The Kier molecular flexibility index (Phi) is 3.80. The van der Waals surface area contributed by atoms with Gasteiger partial charge in [0.2, 0.25) is 0 Å². The fourth-order valence-corrected chi connectivity index (χ4v) is 3.11. The zero-order valence-electron chi connectivity index (χ0n) is 10.4. The molecule has 0 aromatic heterocycles. The van der Waals surface area contributed by atoms with Crippen molar-refractivity contribution in [2.75, 3.05) is 0 Å². The molecule has 0 aromatic carbocycles. The molecule has 1 fully saturated rings. The van der Waals surface area contributed by atoms with E-state index in [4.69, 9.17) is 5.11 Å². The van der Waals surface area contributed by atoms with Crippen molar-refractivity contribution in [2.24, 2.45) is 23.2 Å². The Hall–Kier alpha value is -0.530. The molecule has 0 aromatic rings. The van der Waals surface area contributed by atoms with E-state index in [0.29, 0.717) is 0 Å². The molecule has 1 saturated carbocycles. The van der Waals surface area contributed by atoms with E-state index in [9.17, 15) is 4.79 Å². The first-order chi connectivity index (χ1) is 6.83. The van der Waals surface area contributed by atoms with Crippen LogP contribution < -0.4 is 0 Å². The maximum absolute atomic E-state index is 11.1. The van der Waals surface area contributed by atoms with Gasteiger partial charge in [0, 0.05) is 0 Å². The van der Waals surface area contributed by atoms with Crippen LogP contribution in [0.15, 0.2) is 0 Å². The van der Waals surface area contributed by atoms with Crippen molar-refractivity contribution < 1.29 is 9.90 Å². The van der Waals surface area contributed by atoms with Crippen molar-refractivity contribution in [3.63, 3.8) is 0 Å². The Morgan fingerprint density at radius 3 is 2.40 bits per heavy atom. The summed E-state index contributed by atoms with van der Waals surface area (Å²) in [5, 5.41) is 9.14. The van der Waals surface area contributed by atoms with Crippen LogP contribution >= 0.6 is 0 Å². The van der Waals surface area contributed by atoms with E-state index in [-0.39, 0.29) is 11.3 Å². The number of carboxylic acids is 1. The topological polar surface area (TPSA) is 37.3 Å². The largest absolute Gasteiger partial charge is 0.481 e. The minimum absolute atomic E-state index is 0.0242. The van der Waals surface area contributed by atoms with E-state index in [1.165, 1.54) is 6.42 Å². The highest BCUT2D eigenvalue weighted by atomic mass is 16.4. The Morgan fingerprint density at radius 1 is 1.40 bits per heavy atom. The number of aliphatic carboxylic acids is 1. The molecule has 88 valence electrons. The van der Waals surface area contributed by atoms with Gasteiger partial charge in [-0.2, -0.15) is 0 Å². The Balaban J connectivity index is 2.60. The maximum atomic E-state index is 11.1. The lowest BCUT2D eigenvalue weighted by Gasteiger charge is -2.40. The fourth-order valence-electron chi connectivity index (χ4n) is 3.11. The van der Waals surface area contributed by atoms with Crippen molar-refractivity contribution in [2.45, 2.75) is 53.4 Å². The lowest BCUT2D eigenvalue weighted by atomic mass is 9.64. The van der Waals surface area contributed by atoms with Gasteiger partial charge in [-0.25, -0.2) is 0 Å². The van der Waals surface area contributed by atoms with Gasteiger partial charge in [-0.3, -0.25) is 4.79 Å². The molecule has 1 rings (SSSR count). The molecule has 2 atom stereocenters. The second-order valence-corrected chi connectivity index (χ2v) is 6.16. The molecule has 0 spiro atoms. The molecule has 0 amide bonds. The van der Waals surface area contributed by atoms with Gasteiger partial charge in [-0.15, -0.1) is 0 Å². The Bertz CT molecular complexity index is 231. The Labute approximate surface area is 93.1 Å². The Morgan fingerprint density at radius 2 is 2.00 bits per heavy atom. The summed E-state index contributed by atoms with van der Waals surface area (Å²) >= 11 is 0. The van der Waals surface area contributed by atoms with Crippen LogP contribution in [0, 0.1) is 23.2 Å². The van der Waals surface area contributed by atoms with Gasteiger partial charge in [0.1, 0.15) is 0 Å². The molecule has 2 unspecified atom stereocenters. The van der Waals surface area contributed by atoms with Crippen LogP contribution in [0.2, 0.25) is 0 Å². The van der Waals surface area contributed by atoms with Crippen molar-refractivity contribution in [1.29, 1.82) is 0 Å². The average molecular weight is 212 g/mol. The lowest BCUT2D eigenvalue weighted by molar-refractivity contribution is -0.148. The predicted molar refractivity (Wildman–Crippen MR) is 61.7 cm³/mol. The molecule has 1 aliphatic carbocycles. The predicted octanol–water partition coefficient (Wildman–Crippen LogP) is 3.56. The van der Waals surface area contributed by atoms with Crippen LogP contribution in [0.25, 0.3) is 0 Å². The van der Waals surface area contributed by atoms with E-state index in [1.54, 1.807) is 0 Å². The summed E-state index contributed by atoms with van der Waals surface area (Å²) in [5.74, 6) is 0.715. The third kappa shape index (κ3) is 3.22. The molecule has 0 saturated heterocycles. The minimum atomic E-state index is -0.608. The molecule has 1 N–H and O–H groups in total. The summed E-state index contributed by atoms with van der Waals surface area (Å²) in [6.45, 7) is 8.71. The first-order valence-electron chi connectivity index (χ1n) is 6.05. The summed E-state index contributed by atoms with van der Waals surface area (Å²) in [6.07, 6.45) is 4.27. The van der Waals surface area contributed by atoms with Gasteiger partial charge in [0.15, 0.2) is 0 Å². The van der Waals surface area contributed by atoms with E-state index >= 15 is 0 Å². The normalized spacial score (nSPS) is 30.5.